The van der Waals surface area contributed by atoms with Crippen molar-refractivity contribution in [1.82, 2.24) is 0 Å². The highest BCUT2D eigenvalue weighted by Gasteiger charge is 2.12. The SMILES string of the molecule is CC(C)(C)OC(N)=O.NC(=O)c1ccccc1. The summed E-state index contributed by atoms with van der Waals surface area (Å²) in [6.45, 7) is 5.28. The largest absolute Gasteiger partial charge is 0.444 e. The van der Waals surface area contributed by atoms with E-state index in [1.165, 1.54) is 0 Å². The molecule has 0 saturated heterocycles. The molecule has 5 heteroatoms. The molecule has 0 saturated carbocycles. The molecular weight excluding hydrogens is 220 g/mol. The average molecular weight is 238 g/mol. The van der Waals surface area contributed by atoms with Crippen LogP contribution in [-0.2, 0) is 4.74 Å². The van der Waals surface area contributed by atoms with Crippen molar-refractivity contribution < 1.29 is 14.3 Å². The van der Waals surface area contributed by atoms with E-state index in [1.54, 1.807) is 45.0 Å². The Hall–Kier alpha value is -2.04. The van der Waals surface area contributed by atoms with Gasteiger partial charge in [0.05, 0.1) is 0 Å². The van der Waals surface area contributed by atoms with Crippen LogP contribution in [0.3, 0.4) is 0 Å². The van der Waals surface area contributed by atoms with Crippen LogP contribution in [0.1, 0.15) is 31.1 Å². The van der Waals surface area contributed by atoms with Gasteiger partial charge < -0.3 is 16.2 Å². The molecule has 0 aliphatic rings. The number of hydrogen-bond donors (Lipinski definition) is 2. The first kappa shape index (κ1) is 15.0. The van der Waals surface area contributed by atoms with E-state index < -0.39 is 11.7 Å². The first-order valence-corrected chi connectivity index (χ1v) is 5.05. The average Bonchev–Trinajstić information content (AvgIpc) is 2.16. The van der Waals surface area contributed by atoms with Crippen LogP contribution >= 0.6 is 0 Å². The standard InChI is InChI=1S/C7H7NO.C5H11NO2/c8-7(9)6-4-2-1-3-5-6;1-5(2,3)8-4(6)7/h1-5H,(H2,8,9);1-3H3,(H2,6,7). The minimum atomic E-state index is -0.725. The van der Waals surface area contributed by atoms with Gasteiger partial charge in [0.15, 0.2) is 0 Å². The molecule has 0 radical (unpaired) electrons. The third kappa shape index (κ3) is 8.92. The van der Waals surface area contributed by atoms with Crippen LogP contribution in [0.4, 0.5) is 4.79 Å². The van der Waals surface area contributed by atoms with Crippen LogP contribution in [0, 0.1) is 0 Å². The van der Waals surface area contributed by atoms with Crippen molar-refractivity contribution in [3.8, 4) is 0 Å². The van der Waals surface area contributed by atoms with E-state index in [-0.39, 0.29) is 5.91 Å². The van der Waals surface area contributed by atoms with Crippen molar-refractivity contribution in [2.45, 2.75) is 26.4 Å². The first-order valence-electron chi connectivity index (χ1n) is 5.05. The molecule has 0 bridgehead atoms. The van der Waals surface area contributed by atoms with Crippen LogP contribution in [0.15, 0.2) is 30.3 Å². The van der Waals surface area contributed by atoms with Gasteiger partial charge in [-0.15, -0.1) is 0 Å². The van der Waals surface area contributed by atoms with Crippen LogP contribution in [0.5, 0.6) is 0 Å². The Balaban J connectivity index is 0.000000304. The number of benzene rings is 1. The normalized spacial score (nSPS) is 9.82. The third-order valence-corrected chi connectivity index (χ3v) is 1.47. The third-order valence-electron chi connectivity index (χ3n) is 1.47. The van der Waals surface area contributed by atoms with E-state index in [4.69, 9.17) is 11.5 Å². The molecule has 0 spiro atoms. The highest BCUT2D eigenvalue weighted by atomic mass is 16.6. The van der Waals surface area contributed by atoms with Crippen LogP contribution < -0.4 is 11.5 Å². The van der Waals surface area contributed by atoms with Gasteiger partial charge in [-0.2, -0.15) is 0 Å². The minimum absolute atomic E-state index is 0.379. The summed E-state index contributed by atoms with van der Waals surface area (Å²) < 4.78 is 4.58. The Bertz CT molecular complexity index is 369. The smallest absolute Gasteiger partial charge is 0.405 e. The van der Waals surface area contributed by atoms with Crippen LogP contribution in [-0.4, -0.2) is 17.6 Å². The molecule has 1 aromatic carbocycles. The van der Waals surface area contributed by atoms with Crippen molar-refractivity contribution in [3.05, 3.63) is 35.9 Å². The summed E-state index contributed by atoms with van der Waals surface area (Å²) in [6.07, 6.45) is -0.725. The summed E-state index contributed by atoms with van der Waals surface area (Å²) in [5.41, 5.74) is 9.79. The maximum absolute atomic E-state index is 10.4. The van der Waals surface area contributed by atoms with Gasteiger partial charge in [-0.1, -0.05) is 18.2 Å². The number of rotatable bonds is 1. The van der Waals surface area contributed by atoms with Gasteiger partial charge >= 0.3 is 6.09 Å². The maximum atomic E-state index is 10.4. The van der Waals surface area contributed by atoms with Gasteiger partial charge in [0.1, 0.15) is 5.60 Å². The molecule has 0 unspecified atom stereocenters. The summed E-state index contributed by atoms with van der Waals surface area (Å²) >= 11 is 0. The topological polar surface area (TPSA) is 95.4 Å². The van der Waals surface area contributed by atoms with Crippen molar-refractivity contribution in [2.24, 2.45) is 11.5 Å². The molecule has 4 N–H and O–H groups in total. The number of carbonyl (C=O) groups is 2. The first-order chi connectivity index (χ1) is 7.72. The lowest BCUT2D eigenvalue weighted by molar-refractivity contribution is 0.0600. The van der Waals surface area contributed by atoms with Crippen molar-refractivity contribution >= 4 is 12.0 Å². The molecule has 94 valence electrons. The number of carbonyl (C=O) groups excluding carboxylic acids is 2. The number of primary amides is 2. The summed E-state index contributed by atoms with van der Waals surface area (Å²) in [5, 5.41) is 0. The Morgan fingerprint density at radius 3 is 1.71 bits per heavy atom. The summed E-state index contributed by atoms with van der Waals surface area (Å²) in [5.74, 6) is -0.379. The molecule has 1 aromatic rings. The van der Waals surface area contributed by atoms with Crippen molar-refractivity contribution in [3.63, 3.8) is 0 Å². The fourth-order valence-electron chi connectivity index (χ4n) is 0.904. The molecule has 0 atom stereocenters. The Kier molecular flexibility index (Phi) is 5.74. The Labute approximate surface area is 101 Å². The van der Waals surface area contributed by atoms with E-state index in [2.05, 4.69) is 4.74 Å². The van der Waals surface area contributed by atoms with Crippen LogP contribution in [0.2, 0.25) is 0 Å². The number of nitrogens with two attached hydrogens (primary N) is 2. The number of hydrogen-bond acceptors (Lipinski definition) is 3. The summed E-state index contributed by atoms with van der Waals surface area (Å²) in [7, 11) is 0. The Morgan fingerprint density at radius 2 is 1.53 bits per heavy atom. The van der Waals surface area contributed by atoms with Gasteiger partial charge in [0, 0.05) is 5.56 Å². The second-order valence-electron chi connectivity index (χ2n) is 4.26. The Morgan fingerprint density at radius 1 is 1.06 bits per heavy atom. The molecule has 0 aromatic heterocycles. The molecule has 0 aliphatic heterocycles. The van der Waals surface area contributed by atoms with E-state index >= 15 is 0 Å². The monoisotopic (exact) mass is 238 g/mol. The predicted molar refractivity (Wildman–Crippen MR) is 65.4 cm³/mol. The molecule has 0 heterocycles. The second-order valence-corrected chi connectivity index (χ2v) is 4.26. The fourth-order valence-corrected chi connectivity index (χ4v) is 0.904. The van der Waals surface area contributed by atoms with Crippen molar-refractivity contribution in [2.75, 3.05) is 0 Å². The molecule has 0 aliphatic carbocycles. The van der Waals surface area contributed by atoms with Gasteiger partial charge in [-0.25, -0.2) is 4.79 Å². The van der Waals surface area contributed by atoms with Gasteiger partial charge in [-0.3, -0.25) is 4.79 Å². The van der Waals surface area contributed by atoms with Crippen molar-refractivity contribution in [1.29, 1.82) is 0 Å². The zero-order valence-electron chi connectivity index (χ0n) is 10.3. The van der Waals surface area contributed by atoms with Gasteiger partial charge in [-0.05, 0) is 32.9 Å². The maximum Gasteiger partial charge on any atom is 0.405 e. The summed E-state index contributed by atoms with van der Waals surface area (Å²) in [4.78, 5) is 20.4. The summed E-state index contributed by atoms with van der Waals surface area (Å²) in [6, 6.07) is 8.76. The second kappa shape index (κ2) is 6.52. The molecular formula is C12H18N2O3. The molecule has 2 amide bonds. The highest BCUT2D eigenvalue weighted by Crippen LogP contribution is 2.04. The van der Waals surface area contributed by atoms with Crippen LogP contribution in [0.25, 0.3) is 0 Å². The van der Waals surface area contributed by atoms with E-state index in [0.29, 0.717) is 5.56 Å². The molecule has 17 heavy (non-hydrogen) atoms. The van der Waals surface area contributed by atoms with E-state index in [1.807, 2.05) is 6.07 Å². The van der Waals surface area contributed by atoms with E-state index in [9.17, 15) is 9.59 Å². The number of ether oxygens (including phenoxy) is 1. The fraction of sp³-hybridized carbons (Fsp3) is 0.333. The lowest BCUT2D eigenvalue weighted by Gasteiger charge is -2.16. The lowest BCUT2D eigenvalue weighted by Crippen LogP contribution is -2.27. The number of amides is 2. The zero-order valence-corrected chi connectivity index (χ0v) is 10.3. The highest BCUT2D eigenvalue weighted by molar-refractivity contribution is 5.92. The molecule has 0 fully saturated rings. The predicted octanol–water partition coefficient (Wildman–Crippen LogP) is 1.67. The lowest BCUT2D eigenvalue weighted by atomic mass is 10.2. The van der Waals surface area contributed by atoms with E-state index in [0.717, 1.165) is 0 Å². The zero-order chi connectivity index (χ0) is 13.5. The van der Waals surface area contributed by atoms with Gasteiger partial charge in [0.25, 0.3) is 0 Å². The quantitative estimate of drug-likeness (QED) is 0.778. The van der Waals surface area contributed by atoms with Gasteiger partial charge in [0.2, 0.25) is 5.91 Å². The minimum Gasteiger partial charge on any atom is -0.444 e. The molecule has 5 nitrogen and oxygen atoms in total. The molecule has 1 rings (SSSR count).